The molecular formula is C28H31N5O. The van der Waals surface area contributed by atoms with Crippen LogP contribution in [0.2, 0.25) is 0 Å². The van der Waals surface area contributed by atoms with Crippen molar-refractivity contribution in [3.63, 3.8) is 0 Å². The molecule has 0 aliphatic carbocycles. The molecule has 1 spiro atoms. The van der Waals surface area contributed by atoms with Crippen LogP contribution in [0.25, 0.3) is 33.1 Å². The summed E-state index contributed by atoms with van der Waals surface area (Å²) in [6.07, 6.45) is 4.85. The van der Waals surface area contributed by atoms with Gasteiger partial charge in [-0.15, -0.1) is 0 Å². The minimum atomic E-state index is 0.410. The zero-order valence-electron chi connectivity index (χ0n) is 19.5. The van der Waals surface area contributed by atoms with E-state index in [1.807, 2.05) is 0 Å². The number of aromatic nitrogens is 3. The van der Waals surface area contributed by atoms with Gasteiger partial charge in [0.15, 0.2) is 0 Å². The molecule has 34 heavy (non-hydrogen) atoms. The lowest BCUT2D eigenvalue weighted by atomic mass is 9.75. The lowest BCUT2D eigenvalue weighted by molar-refractivity contribution is 0.0805. The van der Waals surface area contributed by atoms with Gasteiger partial charge >= 0.3 is 0 Å². The molecule has 3 aliphatic heterocycles. The van der Waals surface area contributed by atoms with Crippen LogP contribution in [0.4, 0.5) is 5.82 Å². The Labute approximate surface area is 199 Å². The van der Waals surface area contributed by atoms with Crippen molar-refractivity contribution in [2.75, 3.05) is 44.3 Å². The lowest BCUT2D eigenvalue weighted by Crippen LogP contribution is -2.61. The SMILES string of the molecule is c1ccc2c(N3CCCC4(CNC4)C3)nc(-c3n[nH]c4ccc(C5CCCOC5)cc34)cc2c1. The van der Waals surface area contributed by atoms with Gasteiger partial charge in [-0.2, -0.15) is 5.10 Å². The van der Waals surface area contributed by atoms with Gasteiger partial charge in [-0.25, -0.2) is 4.98 Å². The maximum absolute atomic E-state index is 5.76. The molecule has 174 valence electrons. The summed E-state index contributed by atoms with van der Waals surface area (Å²) in [7, 11) is 0. The molecule has 0 radical (unpaired) electrons. The molecule has 0 amide bonds. The molecule has 0 saturated carbocycles. The summed E-state index contributed by atoms with van der Waals surface area (Å²) >= 11 is 0. The lowest BCUT2D eigenvalue weighted by Gasteiger charge is -2.49. The Morgan fingerprint density at radius 2 is 1.97 bits per heavy atom. The topological polar surface area (TPSA) is 66.1 Å². The summed E-state index contributed by atoms with van der Waals surface area (Å²) in [6, 6.07) is 17.6. The average molecular weight is 454 g/mol. The van der Waals surface area contributed by atoms with Gasteiger partial charge in [0, 0.05) is 54.9 Å². The van der Waals surface area contributed by atoms with E-state index in [1.54, 1.807) is 0 Å². The van der Waals surface area contributed by atoms with E-state index in [0.717, 1.165) is 73.9 Å². The molecule has 6 nitrogen and oxygen atoms in total. The summed E-state index contributed by atoms with van der Waals surface area (Å²) < 4.78 is 5.76. The third-order valence-corrected chi connectivity index (χ3v) is 8.14. The predicted molar refractivity (Wildman–Crippen MR) is 136 cm³/mol. The number of ether oxygens (including phenoxy) is 1. The van der Waals surface area contributed by atoms with Crippen LogP contribution in [0.3, 0.4) is 0 Å². The van der Waals surface area contributed by atoms with E-state index in [0.29, 0.717) is 11.3 Å². The largest absolute Gasteiger partial charge is 0.381 e. The Kier molecular flexibility index (Phi) is 4.84. The molecular weight excluding hydrogens is 422 g/mol. The fourth-order valence-corrected chi connectivity index (χ4v) is 6.18. The maximum atomic E-state index is 5.76. The fourth-order valence-electron chi connectivity index (χ4n) is 6.18. The quantitative estimate of drug-likeness (QED) is 0.464. The Morgan fingerprint density at radius 3 is 2.82 bits per heavy atom. The number of anilines is 1. The second kappa shape index (κ2) is 8.07. The molecule has 3 aliphatic rings. The molecule has 2 aromatic heterocycles. The zero-order valence-corrected chi connectivity index (χ0v) is 19.5. The van der Waals surface area contributed by atoms with Gasteiger partial charge in [0.05, 0.1) is 17.8 Å². The third kappa shape index (κ3) is 3.39. The van der Waals surface area contributed by atoms with Gasteiger partial charge in [-0.1, -0.05) is 30.3 Å². The fraction of sp³-hybridized carbons (Fsp3) is 0.429. The van der Waals surface area contributed by atoms with Crippen LogP contribution in [0.1, 0.15) is 37.2 Å². The summed E-state index contributed by atoms with van der Waals surface area (Å²) in [4.78, 5) is 7.81. The zero-order chi connectivity index (χ0) is 22.5. The van der Waals surface area contributed by atoms with Crippen LogP contribution >= 0.6 is 0 Å². The number of nitrogens with one attached hydrogen (secondary N) is 2. The first-order chi connectivity index (χ1) is 16.8. The van der Waals surface area contributed by atoms with Crippen LogP contribution < -0.4 is 10.2 Å². The van der Waals surface area contributed by atoms with Gasteiger partial charge in [-0.05, 0) is 54.8 Å². The summed E-state index contributed by atoms with van der Waals surface area (Å²) in [6.45, 7) is 6.08. The molecule has 3 fully saturated rings. The van der Waals surface area contributed by atoms with Crippen molar-refractivity contribution < 1.29 is 4.74 Å². The molecule has 1 atom stereocenters. The Hall–Kier alpha value is -2.96. The van der Waals surface area contributed by atoms with E-state index in [9.17, 15) is 0 Å². The Morgan fingerprint density at radius 1 is 1.03 bits per heavy atom. The highest BCUT2D eigenvalue weighted by molar-refractivity contribution is 5.98. The van der Waals surface area contributed by atoms with Gasteiger partial charge in [0.1, 0.15) is 11.5 Å². The molecule has 7 rings (SSSR count). The molecule has 2 N–H and O–H groups in total. The summed E-state index contributed by atoms with van der Waals surface area (Å²) in [5, 5.41) is 15.1. The number of rotatable bonds is 3. The molecule has 3 saturated heterocycles. The van der Waals surface area contributed by atoms with Crippen LogP contribution in [-0.2, 0) is 4.74 Å². The third-order valence-electron chi connectivity index (χ3n) is 8.14. The number of hydrogen-bond donors (Lipinski definition) is 2. The Balaban J connectivity index is 1.33. The number of fused-ring (bicyclic) bond motifs is 2. The van der Waals surface area contributed by atoms with Crippen LogP contribution in [-0.4, -0.2) is 54.6 Å². The predicted octanol–water partition coefficient (Wildman–Crippen LogP) is 4.86. The van der Waals surface area contributed by atoms with E-state index < -0.39 is 0 Å². The minimum absolute atomic E-state index is 0.410. The molecule has 0 bridgehead atoms. The first-order valence-electron chi connectivity index (χ1n) is 12.7. The average Bonchev–Trinajstić information content (AvgIpc) is 3.31. The standard InChI is InChI=1S/C28H31N5O/c1-2-7-22-20(5-1)14-25(30-27(22)33-11-4-10-28(18-33)16-29-17-28)26-23-13-19(8-9-24(23)31-32-26)21-6-3-12-34-15-21/h1-2,5,7-9,13-14,21,29H,3-4,6,10-12,15-18H2,(H,31,32). The first-order valence-corrected chi connectivity index (χ1v) is 12.7. The van der Waals surface area contributed by atoms with Crippen molar-refractivity contribution in [2.45, 2.75) is 31.6 Å². The number of pyridine rings is 1. The molecule has 1 unspecified atom stereocenters. The number of nitrogens with zero attached hydrogens (tertiary/aromatic N) is 3. The normalized spacial score (nSPS) is 22.4. The van der Waals surface area contributed by atoms with Crippen molar-refractivity contribution in [1.29, 1.82) is 0 Å². The highest BCUT2D eigenvalue weighted by atomic mass is 16.5. The van der Waals surface area contributed by atoms with E-state index >= 15 is 0 Å². The van der Waals surface area contributed by atoms with Gasteiger partial charge in [0.25, 0.3) is 0 Å². The van der Waals surface area contributed by atoms with E-state index in [2.05, 4.69) is 63.8 Å². The number of piperidine rings is 1. The molecule has 4 aromatic rings. The second-order valence-electron chi connectivity index (χ2n) is 10.5. The van der Waals surface area contributed by atoms with Crippen molar-refractivity contribution in [3.05, 3.63) is 54.1 Å². The monoisotopic (exact) mass is 453 g/mol. The van der Waals surface area contributed by atoms with E-state index in [4.69, 9.17) is 14.8 Å². The minimum Gasteiger partial charge on any atom is -0.381 e. The highest BCUT2D eigenvalue weighted by Gasteiger charge is 2.41. The van der Waals surface area contributed by atoms with Crippen molar-refractivity contribution in [1.82, 2.24) is 20.5 Å². The van der Waals surface area contributed by atoms with Crippen LogP contribution in [0.5, 0.6) is 0 Å². The van der Waals surface area contributed by atoms with Gasteiger partial charge in [-0.3, -0.25) is 5.10 Å². The smallest absolute Gasteiger partial charge is 0.137 e. The number of hydrogen-bond acceptors (Lipinski definition) is 5. The maximum Gasteiger partial charge on any atom is 0.137 e. The van der Waals surface area contributed by atoms with Crippen molar-refractivity contribution >= 4 is 27.5 Å². The van der Waals surface area contributed by atoms with Crippen LogP contribution in [0.15, 0.2) is 48.5 Å². The first kappa shape index (κ1) is 20.4. The van der Waals surface area contributed by atoms with Crippen molar-refractivity contribution in [2.24, 2.45) is 5.41 Å². The highest BCUT2D eigenvalue weighted by Crippen LogP contribution is 2.39. The van der Waals surface area contributed by atoms with E-state index in [1.165, 1.54) is 35.6 Å². The van der Waals surface area contributed by atoms with Gasteiger partial charge in [0.2, 0.25) is 0 Å². The molecule has 6 heteroatoms. The van der Waals surface area contributed by atoms with E-state index in [-0.39, 0.29) is 0 Å². The Bertz CT molecular complexity index is 1350. The van der Waals surface area contributed by atoms with Gasteiger partial charge < -0.3 is 15.0 Å². The van der Waals surface area contributed by atoms with Crippen LogP contribution in [0, 0.1) is 5.41 Å². The van der Waals surface area contributed by atoms with Crippen molar-refractivity contribution in [3.8, 4) is 11.4 Å². The summed E-state index contributed by atoms with van der Waals surface area (Å²) in [5.41, 5.74) is 4.70. The number of H-pyrrole nitrogens is 1. The molecule has 5 heterocycles. The summed E-state index contributed by atoms with van der Waals surface area (Å²) in [5.74, 6) is 1.56. The number of aromatic amines is 1. The second-order valence-corrected chi connectivity index (χ2v) is 10.5. The number of benzene rings is 2. The molecule has 2 aromatic carbocycles.